The van der Waals surface area contributed by atoms with Crippen LogP contribution in [0.1, 0.15) is 54.7 Å². The van der Waals surface area contributed by atoms with Crippen LogP contribution >= 0.6 is 11.3 Å². The number of nitrogens with zero attached hydrogens (tertiary/aromatic N) is 1. The number of fused-ring (bicyclic) bond motifs is 1. The molecule has 142 valence electrons. The summed E-state index contributed by atoms with van der Waals surface area (Å²) in [6.07, 6.45) is 5.10. The molecule has 0 radical (unpaired) electrons. The van der Waals surface area contributed by atoms with E-state index >= 15 is 0 Å². The first kappa shape index (κ1) is 19.4. The van der Waals surface area contributed by atoms with E-state index < -0.39 is 0 Å². The quantitative estimate of drug-likeness (QED) is 0.677. The van der Waals surface area contributed by atoms with Crippen LogP contribution in [-0.2, 0) is 24.1 Å². The topological polar surface area (TPSA) is 62.1 Å². The fraction of sp³-hybridized carbons (Fsp3) is 0.455. The van der Waals surface area contributed by atoms with Crippen molar-refractivity contribution < 1.29 is 9.53 Å². The van der Waals surface area contributed by atoms with Gasteiger partial charge in [0.15, 0.2) is 0 Å². The van der Waals surface area contributed by atoms with Gasteiger partial charge in [0.2, 0.25) is 5.91 Å². The van der Waals surface area contributed by atoms with Gasteiger partial charge in [-0.2, -0.15) is 5.26 Å². The number of amides is 1. The van der Waals surface area contributed by atoms with Crippen LogP contribution in [0.2, 0.25) is 0 Å². The normalized spacial score (nSPS) is 15.7. The maximum Gasteiger partial charge on any atom is 0.225 e. The van der Waals surface area contributed by atoms with Gasteiger partial charge in [-0.3, -0.25) is 4.79 Å². The predicted octanol–water partition coefficient (Wildman–Crippen LogP) is 5.10. The Morgan fingerprint density at radius 1 is 1.37 bits per heavy atom. The van der Waals surface area contributed by atoms with E-state index in [1.807, 2.05) is 12.1 Å². The lowest BCUT2D eigenvalue weighted by Crippen LogP contribution is -2.13. The summed E-state index contributed by atoms with van der Waals surface area (Å²) in [4.78, 5) is 13.5. The van der Waals surface area contributed by atoms with Crippen LogP contribution < -0.4 is 10.1 Å². The van der Waals surface area contributed by atoms with Crippen molar-refractivity contribution in [1.82, 2.24) is 0 Å². The third-order valence-electron chi connectivity index (χ3n) is 5.02. The number of carbonyl (C=O) groups is 1. The van der Waals surface area contributed by atoms with E-state index in [1.54, 1.807) is 11.3 Å². The second-order valence-corrected chi connectivity index (χ2v) is 8.27. The van der Waals surface area contributed by atoms with Gasteiger partial charge in [-0.1, -0.05) is 26.0 Å². The average Bonchev–Trinajstić information content (AvgIpc) is 3.01. The smallest absolute Gasteiger partial charge is 0.225 e. The molecule has 5 heteroatoms. The summed E-state index contributed by atoms with van der Waals surface area (Å²) in [7, 11) is 0. The van der Waals surface area contributed by atoms with Gasteiger partial charge in [-0.25, -0.2) is 0 Å². The molecule has 27 heavy (non-hydrogen) atoms. The fourth-order valence-electron chi connectivity index (χ4n) is 3.39. The molecule has 3 rings (SSSR count). The van der Waals surface area contributed by atoms with Crippen LogP contribution in [0, 0.1) is 17.2 Å². The first-order valence-corrected chi connectivity index (χ1v) is 10.5. The number of ether oxygens (including phenoxy) is 1. The lowest BCUT2D eigenvalue weighted by atomic mass is 9.89. The predicted molar refractivity (Wildman–Crippen MR) is 109 cm³/mol. The van der Waals surface area contributed by atoms with Crippen molar-refractivity contribution in [3.8, 4) is 11.8 Å². The number of thiophene rings is 1. The lowest BCUT2D eigenvalue weighted by molar-refractivity contribution is -0.116. The third kappa shape index (κ3) is 4.90. The van der Waals surface area contributed by atoms with Crippen LogP contribution in [0.25, 0.3) is 0 Å². The van der Waals surface area contributed by atoms with Gasteiger partial charge in [-0.15, -0.1) is 11.3 Å². The Hall–Kier alpha value is -2.32. The Bertz CT molecular complexity index is 833. The zero-order chi connectivity index (χ0) is 19.2. The van der Waals surface area contributed by atoms with Crippen molar-refractivity contribution >= 4 is 22.2 Å². The first-order chi connectivity index (χ1) is 13.1. The first-order valence-electron chi connectivity index (χ1n) is 9.67. The molecule has 4 nitrogen and oxygen atoms in total. The van der Waals surface area contributed by atoms with Crippen molar-refractivity contribution in [2.24, 2.45) is 5.92 Å². The van der Waals surface area contributed by atoms with Gasteiger partial charge in [0.05, 0.1) is 12.2 Å². The summed E-state index contributed by atoms with van der Waals surface area (Å²) in [5, 5.41) is 13.2. The molecular weight excluding hydrogens is 356 g/mol. The number of carbonyl (C=O) groups excluding carboxylic acids is 1. The number of benzene rings is 1. The summed E-state index contributed by atoms with van der Waals surface area (Å²) >= 11 is 1.57. The van der Waals surface area contributed by atoms with E-state index in [1.165, 1.54) is 10.4 Å². The lowest BCUT2D eigenvalue weighted by Gasteiger charge is -2.17. The Morgan fingerprint density at radius 3 is 2.85 bits per heavy atom. The van der Waals surface area contributed by atoms with Crippen LogP contribution in [0.3, 0.4) is 0 Å². The number of rotatable bonds is 7. The molecule has 0 fully saturated rings. The molecule has 0 aliphatic heterocycles. The Morgan fingerprint density at radius 2 is 2.15 bits per heavy atom. The molecule has 1 amide bonds. The summed E-state index contributed by atoms with van der Waals surface area (Å²) < 4.78 is 5.70. The maximum atomic E-state index is 12.3. The van der Waals surface area contributed by atoms with Crippen LogP contribution in [0.4, 0.5) is 5.00 Å². The molecule has 0 unspecified atom stereocenters. The van der Waals surface area contributed by atoms with Gasteiger partial charge >= 0.3 is 0 Å². The van der Waals surface area contributed by atoms with E-state index in [9.17, 15) is 10.1 Å². The maximum absolute atomic E-state index is 12.3. The molecule has 1 aliphatic carbocycles. The van der Waals surface area contributed by atoms with Crippen molar-refractivity contribution in [3.63, 3.8) is 0 Å². The summed E-state index contributed by atoms with van der Waals surface area (Å²) in [5.74, 6) is 1.43. The Labute approximate surface area is 165 Å². The Balaban J connectivity index is 1.49. The molecule has 1 N–H and O–H groups in total. The highest BCUT2D eigenvalue weighted by atomic mass is 32.1. The van der Waals surface area contributed by atoms with E-state index in [4.69, 9.17) is 4.74 Å². The highest BCUT2D eigenvalue weighted by molar-refractivity contribution is 7.16. The van der Waals surface area contributed by atoms with Gasteiger partial charge in [0.1, 0.15) is 16.8 Å². The zero-order valence-electron chi connectivity index (χ0n) is 16.0. The van der Waals surface area contributed by atoms with E-state index in [0.29, 0.717) is 30.9 Å². The molecule has 0 saturated heterocycles. The SMILES string of the molecule is CCc1ccc(OCCCC(=O)Nc2sc3c(c2C#N)CC[C@H](C)C3)cc1. The summed E-state index contributed by atoms with van der Waals surface area (Å²) in [6.45, 7) is 4.86. The molecule has 1 aromatic carbocycles. The highest BCUT2D eigenvalue weighted by Gasteiger charge is 2.24. The molecule has 0 spiro atoms. The van der Waals surface area contributed by atoms with Crippen LogP contribution in [0.15, 0.2) is 24.3 Å². The minimum atomic E-state index is -0.0527. The number of anilines is 1. The second kappa shape index (κ2) is 9.05. The van der Waals surface area contributed by atoms with Crippen molar-refractivity contribution in [3.05, 3.63) is 45.8 Å². The molecule has 1 atom stereocenters. The minimum Gasteiger partial charge on any atom is -0.494 e. The van der Waals surface area contributed by atoms with E-state index in [2.05, 4.69) is 37.4 Å². The van der Waals surface area contributed by atoms with Gasteiger partial charge < -0.3 is 10.1 Å². The third-order valence-corrected chi connectivity index (χ3v) is 6.19. The van der Waals surface area contributed by atoms with Crippen LogP contribution in [0.5, 0.6) is 5.75 Å². The van der Waals surface area contributed by atoms with E-state index in [-0.39, 0.29) is 5.91 Å². The number of hydrogen-bond acceptors (Lipinski definition) is 4. The molecule has 0 saturated carbocycles. The average molecular weight is 383 g/mol. The largest absolute Gasteiger partial charge is 0.494 e. The molecule has 0 bridgehead atoms. The van der Waals surface area contributed by atoms with Gasteiger partial charge in [0.25, 0.3) is 0 Å². The number of nitriles is 1. The summed E-state index contributed by atoms with van der Waals surface area (Å²) in [5.41, 5.74) is 3.10. The molecule has 1 heterocycles. The molecule has 1 aliphatic rings. The monoisotopic (exact) mass is 382 g/mol. The number of hydrogen-bond donors (Lipinski definition) is 1. The fourth-order valence-corrected chi connectivity index (χ4v) is 4.77. The minimum absolute atomic E-state index is 0.0527. The number of nitrogens with one attached hydrogen (secondary N) is 1. The molecule has 2 aromatic rings. The second-order valence-electron chi connectivity index (χ2n) is 7.17. The molecular formula is C22H26N2O2S. The van der Waals surface area contributed by atoms with Crippen LogP contribution in [-0.4, -0.2) is 12.5 Å². The van der Waals surface area contributed by atoms with Gasteiger partial charge in [-0.05, 0) is 61.3 Å². The summed E-state index contributed by atoms with van der Waals surface area (Å²) in [6, 6.07) is 10.3. The van der Waals surface area contributed by atoms with Crippen molar-refractivity contribution in [1.29, 1.82) is 5.26 Å². The van der Waals surface area contributed by atoms with Gasteiger partial charge in [0, 0.05) is 11.3 Å². The standard InChI is InChI=1S/C22H26N2O2S/c1-3-16-7-9-17(10-8-16)26-12-4-5-21(25)24-22-19(14-23)18-11-6-15(2)13-20(18)27-22/h7-10,15H,3-6,11-13H2,1-2H3,(H,24,25)/t15-/m0/s1. The van der Waals surface area contributed by atoms with Crippen molar-refractivity contribution in [2.45, 2.75) is 52.4 Å². The van der Waals surface area contributed by atoms with Crippen molar-refractivity contribution in [2.75, 3.05) is 11.9 Å². The Kier molecular flexibility index (Phi) is 6.52. The van der Waals surface area contributed by atoms with E-state index in [0.717, 1.165) is 42.0 Å². The number of aryl methyl sites for hydroxylation is 1. The highest BCUT2D eigenvalue weighted by Crippen LogP contribution is 2.39. The zero-order valence-corrected chi connectivity index (χ0v) is 16.8. The molecule has 1 aromatic heterocycles.